The molecule has 2 saturated heterocycles. The third-order valence-corrected chi connectivity index (χ3v) is 5.28. The molecular formula is C13H22N6O2S2. The fourth-order valence-electron chi connectivity index (χ4n) is 2.12. The molecule has 0 aliphatic carbocycles. The van der Waals surface area contributed by atoms with Crippen LogP contribution >= 0.6 is 23.9 Å². The van der Waals surface area contributed by atoms with Crippen molar-refractivity contribution < 1.29 is 9.47 Å². The summed E-state index contributed by atoms with van der Waals surface area (Å²) in [6, 6.07) is 0. The van der Waals surface area contributed by atoms with Crippen LogP contribution in [0.1, 0.15) is 0 Å². The normalized spacial score (nSPS) is 20.6. The molecule has 0 saturated carbocycles. The zero-order chi connectivity index (χ0) is 16.1. The zero-order valence-electron chi connectivity index (χ0n) is 13.5. The highest BCUT2D eigenvalue weighted by atomic mass is 32.2. The topological polar surface area (TPSA) is 66.9 Å². The highest BCUT2D eigenvalue weighted by Gasteiger charge is 2.18. The van der Waals surface area contributed by atoms with Crippen LogP contribution in [-0.2, 0) is 9.47 Å². The second kappa shape index (κ2) is 8.45. The van der Waals surface area contributed by atoms with Gasteiger partial charge in [-0.1, -0.05) is 0 Å². The lowest BCUT2D eigenvalue weighted by molar-refractivity contribution is 0.0770. The van der Waals surface area contributed by atoms with Crippen LogP contribution in [0.15, 0.2) is 10.3 Å². The Morgan fingerprint density at radius 3 is 1.61 bits per heavy atom. The molecule has 2 fully saturated rings. The molecular weight excluding hydrogens is 336 g/mol. The van der Waals surface area contributed by atoms with Crippen molar-refractivity contribution in [3.8, 4) is 0 Å². The first-order valence-electron chi connectivity index (χ1n) is 7.65. The quantitative estimate of drug-likeness (QED) is 0.700. The lowest BCUT2D eigenvalue weighted by Crippen LogP contribution is -2.32. The van der Waals surface area contributed by atoms with Gasteiger partial charge in [0.15, 0.2) is 0 Å². The molecule has 0 radical (unpaired) electrons. The second-order valence-electron chi connectivity index (χ2n) is 5.36. The molecule has 1 aromatic heterocycles. The van der Waals surface area contributed by atoms with Crippen molar-refractivity contribution >= 4 is 29.8 Å². The predicted molar refractivity (Wildman–Crippen MR) is 90.7 cm³/mol. The first-order chi connectivity index (χ1) is 11.2. The molecule has 0 atom stereocenters. The Hall–Kier alpha value is -0.650. The minimum Gasteiger partial charge on any atom is -0.379 e. The van der Waals surface area contributed by atoms with Crippen LogP contribution in [0.25, 0.3) is 0 Å². The van der Waals surface area contributed by atoms with Gasteiger partial charge in [-0.3, -0.25) is 0 Å². The highest BCUT2D eigenvalue weighted by molar-refractivity contribution is 7.97. The Morgan fingerprint density at radius 1 is 0.783 bits per heavy atom. The van der Waals surface area contributed by atoms with Gasteiger partial charge in [0, 0.05) is 40.3 Å². The average Bonchev–Trinajstić information content (AvgIpc) is 2.56. The third-order valence-electron chi connectivity index (χ3n) is 3.34. The van der Waals surface area contributed by atoms with E-state index in [1.165, 1.54) is 0 Å². The molecule has 2 aliphatic rings. The molecule has 128 valence electrons. The van der Waals surface area contributed by atoms with Crippen LogP contribution in [-0.4, -0.2) is 90.3 Å². The maximum atomic E-state index is 5.38. The Balaban J connectivity index is 1.72. The van der Waals surface area contributed by atoms with Gasteiger partial charge in [0.25, 0.3) is 0 Å². The highest BCUT2D eigenvalue weighted by Crippen LogP contribution is 2.26. The van der Waals surface area contributed by atoms with E-state index < -0.39 is 0 Å². The number of hydrogen-bond donors (Lipinski definition) is 0. The maximum absolute atomic E-state index is 5.38. The molecule has 0 amide bonds. The smallest absolute Gasteiger partial charge is 0.229 e. The summed E-state index contributed by atoms with van der Waals surface area (Å²) < 4.78 is 15.2. The van der Waals surface area contributed by atoms with Crippen molar-refractivity contribution in [2.45, 2.75) is 10.3 Å². The van der Waals surface area contributed by atoms with E-state index in [-0.39, 0.29) is 0 Å². The summed E-state index contributed by atoms with van der Waals surface area (Å²) in [5.41, 5.74) is 0. The van der Waals surface area contributed by atoms with E-state index in [4.69, 9.17) is 9.47 Å². The van der Waals surface area contributed by atoms with Gasteiger partial charge in [-0.05, 0) is 23.9 Å². The van der Waals surface area contributed by atoms with Gasteiger partial charge in [-0.15, -0.1) is 0 Å². The van der Waals surface area contributed by atoms with Crippen LogP contribution in [0.3, 0.4) is 0 Å². The first-order valence-corrected chi connectivity index (χ1v) is 9.20. The fraction of sp³-hybridized carbons (Fsp3) is 0.769. The van der Waals surface area contributed by atoms with E-state index >= 15 is 0 Å². The molecule has 0 aromatic carbocycles. The minimum atomic E-state index is 0.687. The fourth-order valence-corrected chi connectivity index (χ4v) is 3.80. The van der Waals surface area contributed by atoms with Crippen LogP contribution in [0.2, 0.25) is 0 Å². The summed E-state index contributed by atoms with van der Waals surface area (Å²) in [6.07, 6.45) is 0. The van der Waals surface area contributed by atoms with Gasteiger partial charge < -0.3 is 14.4 Å². The van der Waals surface area contributed by atoms with Crippen molar-refractivity contribution in [2.24, 2.45) is 0 Å². The molecule has 0 spiro atoms. The van der Waals surface area contributed by atoms with E-state index in [9.17, 15) is 0 Å². The summed E-state index contributed by atoms with van der Waals surface area (Å²) in [7, 11) is 3.89. The molecule has 0 unspecified atom stereocenters. The monoisotopic (exact) mass is 358 g/mol. The number of nitrogens with zero attached hydrogens (tertiary/aromatic N) is 6. The molecule has 0 bridgehead atoms. The average molecular weight is 358 g/mol. The summed E-state index contributed by atoms with van der Waals surface area (Å²) in [5, 5.41) is 1.47. The molecule has 2 aliphatic heterocycles. The van der Waals surface area contributed by atoms with Crippen molar-refractivity contribution in [1.29, 1.82) is 0 Å². The first kappa shape index (κ1) is 17.2. The van der Waals surface area contributed by atoms with Crippen LogP contribution in [0.5, 0.6) is 0 Å². The van der Waals surface area contributed by atoms with Crippen molar-refractivity contribution in [1.82, 2.24) is 23.6 Å². The van der Waals surface area contributed by atoms with Crippen molar-refractivity contribution in [3.05, 3.63) is 0 Å². The molecule has 3 heterocycles. The Morgan fingerprint density at radius 2 is 1.22 bits per heavy atom. The number of rotatable bonds is 5. The number of hydrogen-bond acceptors (Lipinski definition) is 10. The van der Waals surface area contributed by atoms with Gasteiger partial charge >= 0.3 is 0 Å². The van der Waals surface area contributed by atoms with Crippen LogP contribution in [0.4, 0.5) is 5.95 Å². The largest absolute Gasteiger partial charge is 0.379 e. The molecule has 3 rings (SSSR count). The van der Waals surface area contributed by atoms with E-state index in [2.05, 4.69) is 23.6 Å². The SMILES string of the molecule is CN(C)c1nc(SN2CCOCC2)nc(SN2CCOCC2)n1. The lowest BCUT2D eigenvalue weighted by Gasteiger charge is -2.26. The van der Waals surface area contributed by atoms with Crippen molar-refractivity contribution in [3.63, 3.8) is 0 Å². The Labute approximate surface area is 145 Å². The second-order valence-corrected chi connectivity index (χ2v) is 7.49. The number of anilines is 1. The Kier molecular flexibility index (Phi) is 6.31. The van der Waals surface area contributed by atoms with Gasteiger partial charge in [0.05, 0.1) is 26.4 Å². The summed E-state index contributed by atoms with van der Waals surface area (Å²) in [5.74, 6) is 0.687. The maximum Gasteiger partial charge on any atom is 0.229 e. The molecule has 8 nitrogen and oxygen atoms in total. The van der Waals surface area contributed by atoms with E-state index in [1.54, 1.807) is 23.9 Å². The number of aromatic nitrogens is 3. The minimum absolute atomic E-state index is 0.687. The van der Waals surface area contributed by atoms with Crippen LogP contribution in [0, 0.1) is 0 Å². The third kappa shape index (κ3) is 5.16. The predicted octanol–water partition coefficient (Wildman–Crippen LogP) is 0.616. The zero-order valence-corrected chi connectivity index (χ0v) is 15.1. The number of morpholine rings is 2. The molecule has 1 aromatic rings. The summed E-state index contributed by atoms with van der Waals surface area (Å²) >= 11 is 3.16. The van der Waals surface area contributed by atoms with Crippen molar-refractivity contribution in [2.75, 3.05) is 71.6 Å². The summed E-state index contributed by atoms with van der Waals surface area (Å²) in [6.45, 7) is 6.59. The Bertz CT molecular complexity index is 471. The molecule has 23 heavy (non-hydrogen) atoms. The lowest BCUT2D eigenvalue weighted by atomic mass is 10.5. The standard InChI is InChI=1S/C13H22N6O2S2/c1-17(2)11-14-12(22-18-3-7-20-8-4-18)16-13(15-11)23-19-5-9-21-10-6-19/h3-10H2,1-2H3. The summed E-state index contributed by atoms with van der Waals surface area (Å²) in [4.78, 5) is 15.6. The van der Waals surface area contributed by atoms with Gasteiger partial charge in [0.2, 0.25) is 16.3 Å². The molecule has 10 heteroatoms. The molecule has 0 N–H and O–H groups in total. The van der Waals surface area contributed by atoms with Gasteiger partial charge in [-0.25, -0.2) is 8.61 Å². The van der Waals surface area contributed by atoms with E-state index in [0.717, 1.165) is 62.9 Å². The van der Waals surface area contributed by atoms with Crippen LogP contribution < -0.4 is 4.90 Å². The van der Waals surface area contributed by atoms with E-state index in [0.29, 0.717) is 5.95 Å². The van der Waals surface area contributed by atoms with Gasteiger partial charge in [0.1, 0.15) is 0 Å². The van der Waals surface area contributed by atoms with E-state index in [1.807, 2.05) is 19.0 Å². The van der Waals surface area contributed by atoms with Gasteiger partial charge in [-0.2, -0.15) is 15.0 Å². The number of ether oxygens (including phenoxy) is 2.